The number of nitrogens with one attached hydrogen (secondary N) is 2. The van der Waals surface area contributed by atoms with Gasteiger partial charge in [-0.3, -0.25) is 9.69 Å². The van der Waals surface area contributed by atoms with Gasteiger partial charge in [0.25, 0.3) is 0 Å². The van der Waals surface area contributed by atoms with Gasteiger partial charge in [0.15, 0.2) is 5.75 Å². The minimum absolute atomic E-state index is 0.0264. The van der Waals surface area contributed by atoms with E-state index in [4.69, 9.17) is 9.47 Å². The number of hydrogen-bond donors (Lipinski definition) is 2. The molecule has 0 radical (unpaired) electrons. The van der Waals surface area contributed by atoms with E-state index in [9.17, 15) is 23.2 Å². The first-order chi connectivity index (χ1) is 22.2. The Morgan fingerprint density at radius 1 is 0.935 bits per heavy atom. The van der Waals surface area contributed by atoms with Gasteiger partial charge in [0, 0.05) is 36.3 Å². The number of rotatable bonds is 10. The van der Waals surface area contributed by atoms with E-state index < -0.39 is 23.2 Å². The minimum atomic E-state index is -1.07. The molecular weight excluding hydrogens is 614 g/mol. The van der Waals surface area contributed by atoms with Gasteiger partial charge < -0.3 is 24.7 Å². The van der Waals surface area contributed by atoms with Crippen LogP contribution in [0.1, 0.15) is 23.6 Å². The number of benzene rings is 3. The van der Waals surface area contributed by atoms with Crippen molar-refractivity contribution in [3.63, 3.8) is 0 Å². The number of halogens is 2. The van der Waals surface area contributed by atoms with Crippen LogP contribution < -0.4 is 20.8 Å². The molecule has 3 aromatic carbocycles. The lowest BCUT2D eigenvalue weighted by molar-refractivity contribution is 0.104. The van der Waals surface area contributed by atoms with E-state index >= 15 is 0 Å². The molecule has 0 unspecified atom stereocenters. The van der Waals surface area contributed by atoms with E-state index in [1.165, 1.54) is 35.2 Å². The summed E-state index contributed by atoms with van der Waals surface area (Å²) in [6, 6.07) is 20.2. The van der Waals surface area contributed by atoms with Crippen molar-refractivity contribution in [2.75, 3.05) is 26.0 Å². The third-order valence-corrected chi connectivity index (χ3v) is 8.49. The maximum absolute atomic E-state index is 14.9. The molecule has 0 aliphatic carbocycles. The standard InChI is InChI=1S/C34H32F2N4O5S/c1-4-44-34(43)45-28-20-40(19-24-26(35)11-8-12-27(24)36)32-29(30(28)41)25(18-39(3)17-21-9-6-5-7-10-21)31(46-32)22-13-15-23(16-14-22)38-33(42)37-2/h5-16,20H,4,17-19H2,1-3H3,(H2,37,38,42). The van der Waals surface area contributed by atoms with Crippen LogP contribution in [-0.2, 0) is 24.4 Å². The Balaban J connectivity index is 1.70. The fourth-order valence-electron chi connectivity index (χ4n) is 5.05. The number of thiophene rings is 1. The molecule has 0 bridgehead atoms. The molecule has 0 spiro atoms. The average molecular weight is 647 g/mol. The highest BCUT2D eigenvalue weighted by atomic mass is 32.1. The van der Waals surface area contributed by atoms with Crippen molar-refractivity contribution in [1.82, 2.24) is 14.8 Å². The fraction of sp³-hybridized carbons (Fsp3) is 0.206. The van der Waals surface area contributed by atoms with E-state index in [2.05, 4.69) is 10.6 Å². The van der Waals surface area contributed by atoms with Crippen LogP contribution >= 0.6 is 11.3 Å². The third-order valence-electron chi connectivity index (χ3n) is 7.17. The van der Waals surface area contributed by atoms with Crippen molar-refractivity contribution in [2.45, 2.75) is 26.6 Å². The number of pyridine rings is 1. The van der Waals surface area contributed by atoms with Gasteiger partial charge in [0.2, 0.25) is 5.43 Å². The maximum Gasteiger partial charge on any atom is 0.514 e. The number of nitrogens with zero attached hydrogens (tertiary/aromatic N) is 2. The molecule has 0 aliphatic rings. The van der Waals surface area contributed by atoms with E-state index in [0.29, 0.717) is 29.2 Å². The molecule has 0 atom stereocenters. The van der Waals surface area contributed by atoms with E-state index in [0.717, 1.165) is 28.1 Å². The first-order valence-electron chi connectivity index (χ1n) is 14.5. The van der Waals surface area contributed by atoms with Crippen molar-refractivity contribution >= 4 is 39.4 Å². The molecule has 2 amide bonds. The number of ether oxygens (including phenoxy) is 2. The van der Waals surface area contributed by atoms with Gasteiger partial charge in [-0.15, -0.1) is 11.3 Å². The largest absolute Gasteiger partial charge is 0.514 e. The summed E-state index contributed by atoms with van der Waals surface area (Å²) in [5.41, 5.74) is 2.25. The molecule has 238 valence electrons. The van der Waals surface area contributed by atoms with Gasteiger partial charge in [0.05, 0.1) is 24.7 Å². The summed E-state index contributed by atoms with van der Waals surface area (Å²) in [6.45, 7) is 2.24. The zero-order valence-corrected chi connectivity index (χ0v) is 26.3. The number of urea groups is 1. The molecule has 2 aromatic heterocycles. The maximum atomic E-state index is 14.9. The van der Waals surface area contributed by atoms with E-state index in [1.54, 1.807) is 19.1 Å². The Bertz CT molecular complexity index is 1910. The topological polar surface area (TPSA) is 102 Å². The van der Waals surface area contributed by atoms with E-state index in [1.807, 2.05) is 54.4 Å². The van der Waals surface area contributed by atoms with Crippen LogP contribution in [0, 0.1) is 11.6 Å². The van der Waals surface area contributed by atoms with Crippen molar-refractivity contribution in [1.29, 1.82) is 0 Å². The van der Waals surface area contributed by atoms with Crippen molar-refractivity contribution < 1.29 is 27.8 Å². The highest BCUT2D eigenvalue weighted by Crippen LogP contribution is 2.40. The summed E-state index contributed by atoms with van der Waals surface area (Å²) in [5.74, 6) is -1.83. The number of anilines is 1. The Morgan fingerprint density at radius 3 is 2.28 bits per heavy atom. The Kier molecular flexibility index (Phi) is 10.1. The predicted octanol–water partition coefficient (Wildman–Crippen LogP) is 6.98. The van der Waals surface area contributed by atoms with Crippen LogP contribution in [0.3, 0.4) is 0 Å². The molecule has 0 saturated carbocycles. The predicted molar refractivity (Wildman–Crippen MR) is 174 cm³/mol. The lowest BCUT2D eigenvalue weighted by Crippen LogP contribution is -2.24. The Hall–Kier alpha value is -5.07. The smallest absolute Gasteiger partial charge is 0.434 e. The minimum Gasteiger partial charge on any atom is -0.434 e. The normalized spacial score (nSPS) is 11.1. The Morgan fingerprint density at radius 2 is 1.63 bits per heavy atom. The monoisotopic (exact) mass is 646 g/mol. The lowest BCUT2D eigenvalue weighted by Gasteiger charge is -2.18. The van der Waals surface area contributed by atoms with Crippen molar-refractivity contribution in [3.8, 4) is 16.2 Å². The zero-order chi connectivity index (χ0) is 32.8. The molecule has 2 heterocycles. The molecule has 0 aliphatic heterocycles. The van der Waals surface area contributed by atoms with Gasteiger partial charge in [-0.05, 0) is 54.9 Å². The van der Waals surface area contributed by atoms with Crippen LogP contribution in [0.25, 0.3) is 20.7 Å². The summed E-state index contributed by atoms with van der Waals surface area (Å²) in [6.07, 6.45) is 0.210. The number of carbonyl (C=O) groups excluding carboxylic acids is 2. The number of aromatic nitrogens is 1. The lowest BCUT2D eigenvalue weighted by atomic mass is 10.0. The molecule has 5 rings (SSSR count). The summed E-state index contributed by atoms with van der Waals surface area (Å²) in [7, 11) is 3.44. The van der Waals surface area contributed by atoms with Crippen LogP contribution in [0.5, 0.6) is 5.75 Å². The quantitative estimate of drug-likeness (QED) is 0.159. The molecule has 5 aromatic rings. The highest BCUT2D eigenvalue weighted by molar-refractivity contribution is 7.22. The van der Waals surface area contributed by atoms with Gasteiger partial charge >= 0.3 is 12.2 Å². The molecular formula is C34H32F2N4O5S. The Labute approximate surface area is 268 Å². The molecule has 46 heavy (non-hydrogen) atoms. The molecule has 9 nitrogen and oxygen atoms in total. The number of fused-ring (bicyclic) bond motifs is 1. The number of amides is 2. The second-order valence-electron chi connectivity index (χ2n) is 10.5. The van der Waals surface area contributed by atoms with E-state index in [-0.39, 0.29) is 35.9 Å². The van der Waals surface area contributed by atoms with Crippen LogP contribution in [0.4, 0.5) is 24.1 Å². The molecule has 0 saturated heterocycles. The first kappa shape index (κ1) is 32.3. The van der Waals surface area contributed by atoms with Gasteiger partial charge in [-0.2, -0.15) is 0 Å². The molecule has 2 N–H and O–H groups in total. The van der Waals surface area contributed by atoms with Crippen molar-refractivity contribution in [2.24, 2.45) is 0 Å². The zero-order valence-electron chi connectivity index (χ0n) is 25.4. The highest BCUT2D eigenvalue weighted by Gasteiger charge is 2.25. The fourth-order valence-corrected chi connectivity index (χ4v) is 6.34. The average Bonchev–Trinajstić information content (AvgIpc) is 3.41. The first-order valence-corrected chi connectivity index (χ1v) is 15.3. The van der Waals surface area contributed by atoms with Crippen LogP contribution in [-0.4, -0.2) is 42.4 Å². The number of carbonyl (C=O) groups is 2. The van der Waals surface area contributed by atoms with Crippen LogP contribution in [0.15, 0.2) is 83.8 Å². The van der Waals surface area contributed by atoms with Gasteiger partial charge in [-0.25, -0.2) is 18.4 Å². The SMILES string of the molecule is CCOC(=O)Oc1cn(Cc2c(F)cccc2F)c2sc(-c3ccc(NC(=O)NC)cc3)c(CN(C)Cc3ccccc3)c2c1=O. The summed E-state index contributed by atoms with van der Waals surface area (Å²) < 4.78 is 41.5. The summed E-state index contributed by atoms with van der Waals surface area (Å²) in [5, 5.41) is 5.48. The van der Waals surface area contributed by atoms with Gasteiger partial charge in [-0.1, -0.05) is 48.5 Å². The second-order valence-corrected chi connectivity index (χ2v) is 11.5. The molecule has 12 heteroatoms. The summed E-state index contributed by atoms with van der Waals surface area (Å²) >= 11 is 1.28. The van der Waals surface area contributed by atoms with Gasteiger partial charge in [0.1, 0.15) is 16.5 Å². The second kappa shape index (κ2) is 14.4. The van der Waals surface area contributed by atoms with Crippen molar-refractivity contribution in [3.05, 3.63) is 118 Å². The molecule has 0 fully saturated rings. The number of hydrogen-bond acceptors (Lipinski definition) is 7. The summed E-state index contributed by atoms with van der Waals surface area (Å²) in [4.78, 5) is 41.5. The third kappa shape index (κ3) is 7.24. The van der Waals surface area contributed by atoms with Crippen LogP contribution in [0.2, 0.25) is 0 Å².